The Morgan fingerprint density at radius 3 is 2.37 bits per heavy atom. The molecule has 1 amide bonds. The highest BCUT2D eigenvalue weighted by Crippen LogP contribution is 2.26. The van der Waals surface area contributed by atoms with Gasteiger partial charge < -0.3 is 15.0 Å². The van der Waals surface area contributed by atoms with Crippen LogP contribution < -0.4 is 15.0 Å². The largest absolute Gasteiger partial charge is 0.484 e. The van der Waals surface area contributed by atoms with Crippen LogP contribution in [0.4, 0.5) is 5.69 Å². The van der Waals surface area contributed by atoms with Crippen LogP contribution in [0.1, 0.15) is 23.1 Å². The van der Waals surface area contributed by atoms with Crippen LogP contribution in [-0.2, 0) is 4.79 Å². The number of benzene rings is 2. The van der Waals surface area contributed by atoms with E-state index in [0.29, 0.717) is 6.54 Å². The number of nitrogens with zero attached hydrogens (tertiary/aromatic N) is 2. The maximum absolute atomic E-state index is 12.1. The molecule has 0 spiro atoms. The van der Waals surface area contributed by atoms with E-state index in [-0.39, 0.29) is 12.5 Å². The van der Waals surface area contributed by atoms with Gasteiger partial charge in [0.05, 0.1) is 0 Å². The van der Waals surface area contributed by atoms with E-state index in [9.17, 15) is 4.79 Å². The van der Waals surface area contributed by atoms with E-state index in [0.717, 1.165) is 60.5 Å². The van der Waals surface area contributed by atoms with Gasteiger partial charge in [-0.25, -0.2) is 0 Å². The Labute approximate surface area is 188 Å². The molecule has 1 aliphatic rings. The molecule has 2 aromatic carbocycles. The van der Waals surface area contributed by atoms with Crippen molar-refractivity contribution in [1.29, 1.82) is 0 Å². The summed E-state index contributed by atoms with van der Waals surface area (Å²) in [6, 6.07) is 12.5. The lowest BCUT2D eigenvalue weighted by molar-refractivity contribution is -0.123. The van der Waals surface area contributed by atoms with Crippen molar-refractivity contribution < 1.29 is 9.53 Å². The SMILES string of the molecule is Cc1ccccc1N1CCN(CCCNC(=O)COc2cc(C)c(Br)c(C)c2)CC1. The molecule has 0 aliphatic carbocycles. The highest BCUT2D eigenvalue weighted by molar-refractivity contribution is 9.10. The average molecular weight is 474 g/mol. The summed E-state index contributed by atoms with van der Waals surface area (Å²) < 4.78 is 6.73. The van der Waals surface area contributed by atoms with Gasteiger partial charge in [-0.1, -0.05) is 34.1 Å². The minimum Gasteiger partial charge on any atom is -0.484 e. The summed E-state index contributed by atoms with van der Waals surface area (Å²) in [4.78, 5) is 17.0. The second kappa shape index (κ2) is 10.8. The van der Waals surface area contributed by atoms with Crippen molar-refractivity contribution in [2.75, 3.05) is 50.8 Å². The van der Waals surface area contributed by atoms with Crippen molar-refractivity contribution >= 4 is 27.5 Å². The van der Waals surface area contributed by atoms with E-state index in [2.05, 4.69) is 62.2 Å². The smallest absolute Gasteiger partial charge is 0.257 e. The van der Waals surface area contributed by atoms with Crippen LogP contribution >= 0.6 is 15.9 Å². The molecule has 6 heteroatoms. The Hall–Kier alpha value is -2.05. The van der Waals surface area contributed by atoms with Crippen LogP contribution in [0.5, 0.6) is 5.75 Å². The fourth-order valence-corrected chi connectivity index (χ4v) is 4.08. The zero-order valence-electron chi connectivity index (χ0n) is 18.2. The van der Waals surface area contributed by atoms with Crippen LogP contribution in [0, 0.1) is 20.8 Å². The first-order chi connectivity index (χ1) is 14.4. The molecule has 0 atom stereocenters. The first-order valence-electron chi connectivity index (χ1n) is 10.6. The van der Waals surface area contributed by atoms with Gasteiger partial charge in [0.1, 0.15) is 5.75 Å². The van der Waals surface area contributed by atoms with Crippen LogP contribution in [0.25, 0.3) is 0 Å². The highest BCUT2D eigenvalue weighted by Gasteiger charge is 2.17. The Kier molecular flexibility index (Phi) is 8.16. The lowest BCUT2D eigenvalue weighted by atomic mass is 10.1. The fourth-order valence-electron chi connectivity index (χ4n) is 3.85. The third kappa shape index (κ3) is 6.22. The van der Waals surface area contributed by atoms with E-state index in [1.54, 1.807) is 0 Å². The number of para-hydroxylation sites is 1. The number of carbonyl (C=O) groups excluding carboxylic acids is 1. The van der Waals surface area contributed by atoms with Gasteiger partial charge in [0.25, 0.3) is 5.91 Å². The predicted molar refractivity (Wildman–Crippen MR) is 127 cm³/mol. The summed E-state index contributed by atoms with van der Waals surface area (Å²) in [6.07, 6.45) is 0.951. The van der Waals surface area contributed by atoms with Gasteiger partial charge in [-0.2, -0.15) is 0 Å². The maximum Gasteiger partial charge on any atom is 0.257 e. The minimum absolute atomic E-state index is 0.0512. The number of halogens is 1. The predicted octanol–water partition coefficient (Wildman–Crippen LogP) is 4.08. The number of carbonyl (C=O) groups is 1. The van der Waals surface area contributed by atoms with Crippen LogP contribution in [0.2, 0.25) is 0 Å². The van der Waals surface area contributed by atoms with Gasteiger partial charge in [0, 0.05) is 42.9 Å². The number of nitrogens with one attached hydrogen (secondary N) is 1. The Bertz CT molecular complexity index is 840. The average Bonchev–Trinajstić information content (AvgIpc) is 2.74. The first kappa shape index (κ1) is 22.6. The maximum atomic E-state index is 12.1. The molecule has 0 saturated carbocycles. The van der Waals surface area contributed by atoms with Crippen LogP contribution in [0.15, 0.2) is 40.9 Å². The number of amides is 1. The second-order valence-corrected chi connectivity index (χ2v) is 8.77. The van der Waals surface area contributed by atoms with Crippen LogP contribution in [-0.4, -0.2) is 56.7 Å². The van der Waals surface area contributed by atoms with Gasteiger partial charge in [-0.15, -0.1) is 0 Å². The van der Waals surface area contributed by atoms with E-state index in [1.165, 1.54) is 11.3 Å². The molecule has 0 unspecified atom stereocenters. The van der Waals surface area contributed by atoms with Gasteiger partial charge in [-0.3, -0.25) is 9.69 Å². The number of hydrogen-bond acceptors (Lipinski definition) is 4. The molecule has 3 rings (SSSR count). The Morgan fingerprint density at radius 1 is 1.03 bits per heavy atom. The van der Waals surface area contributed by atoms with Crippen LogP contribution in [0.3, 0.4) is 0 Å². The summed E-state index contributed by atoms with van der Waals surface area (Å²) in [7, 11) is 0. The summed E-state index contributed by atoms with van der Waals surface area (Å²) in [5.74, 6) is 0.660. The summed E-state index contributed by atoms with van der Waals surface area (Å²) in [6.45, 7) is 12.2. The number of rotatable bonds is 8. The fraction of sp³-hybridized carbons (Fsp3) is 0.458. The Balaban J connectivity index is 1.31. The monoisotopic (exact) mass is 473 g/mol. The molecule has 1 aliphatic heterocycles. The molecule has 30 heavy (non-hydrogen) atoms. The molecule has 1 saturated heterocycles. The zero-order valence-corrected chi connectivity index (χ0v) is 19.8. The topological polar surface area (TPSA) is 44.8 Å². The number of hydrogen-bond donors (Lipinski definition) is 1. The zero-order chi connectivity index (χ0) is 21.5. The lowest BCUT2D eigenvalue weighted by Gasteiger charge is -2.36. The summed E-state index contributed by atoms with van der Waals surface area (Å²) >= 11 is 3.54. The normalized spacial score (nSPS) is 14.6. The van der Waals surface area contributed by atoms with Crippen molar-refractivity contribution in [2.24, 2.45) is 0 Å². The molecular formula is C24H32BrN3O2. The molecule has 1 heterocycles. The lowest BCUT2D eigenvalue weighted by Crippen LogP contribution is -2.47. The first-order valence-corrected chi connectivity index (χ1v) is 11.4. The quantitative estimate of drug-likeness (QED) is 0.586. The Morgan fingerprint density at radius 2 is 1.70 bits per heavy atom. The molecule has 0 bridgehead atoms. The molecule has 162 valence electrons. The third-order valence-corrected chi connectivity index (χ3v) is 6.83. The van der Waals surface area contributed by atoms with Gasteiger partial charge in [0.2, 0.25) is 0 Å². The van der Waals surface area contributed by atoms with E-state index in [1.807, 2.05) is 26.0 Å². The number of ether oxygens (including phenoxy) is 1. The number of anilines is 1. The van der Waals surface area contributed by atoms with Gasteiger partial charge >= 0.3 is 0 Å². The molecule has 1 N–H and O–H groups in total. The molecule has 0 aromatic heterocycles. The van der Waals surface area contributed by atoms with Crippen molar-refractivity contribution in [3.8, 4) is 5.75 Å². The molecular weight excluding hydrogens is 442 g/mol. The van der Waals surface area contributed by atoms with E-state index >= 15 is 0 Å². The van der Waals surface area contributed by atoms with E-state index in [4.69, 9.17) is 4.74 Å². The third-order valence-electron chi connectivity index (χ3n) is 5.58. The molecule has 1 fully saturated rings. The van der Waals surface area contributed by atoms with Crippen molar-refractivity contribution in [2.45, 2.75) is 27.2 Å². The van der Waals surface area contributed by atoms with Gasteiger partial charge in [-0.05, 0) is 68.6 Å². The number of aryl methyl sites for hydroxylation is 3. The molecule has 0 radical (unpaired) electrons. The van der Waals surface area contributed by atoms with E-state index < -0.39 is 0 Å². The van der Waals surface area contributed by atoms with Crippen molar-refractivity contribution in [3.05, 3.63) is 57.6 Å². The minimum atomic E-state index is -0.0717. The van der Waals surface area contributed by atoms with Crippen molar-refractivity contribution in [1.82, 2.24) is 10.2 Å². The van der Waals surface area contributed by atoms with Crippen molar-refractivity contribution in [3.63, 3.8) is 0 Å². The summed E-state index contributed by atoms with van der Waals surface area (Å²) in [5.41, 5.74) is 4.89. The standard InChI is InChI=1S/C24H32BrN3O2/c1-18-7-4-5-8-22(18)28-13-11-27(12-14-28)10-6-9-26-23(29)17-30-21-15-19(2)24(25)20(3)16-21/h4-5,7-8,15-16H,6,9-14,17H2,1-3H3,(H,26,29). The molecule has 5 nitrogen and oxygen atoms in total. The number of piperazine rings is 1. The highest BCUT2D eigenvalue weighted by atomic mass is 79.9. The molecule has 2 aromatic rings. The second-order valence-electron chi connectivity index (χ2n) is 7.98. The summed E-state index contributed by atoms with van der Waals surface area (Å²) in [5, 5.41) is 2.96. The van der Waals surface area contributed by atoms with Gasteiger partial charge in [0.15, 0.2) is 6.61 Å².